The molecule has 2 aromatic rings. The zero-order valence-electron chi connectivity index (χ0n) is 16.0. The van der Waals surface area contributed by atoms with E-state index in [1.165, 1.54) is 0 Å². The topological polar surface area (TPSA) is 59.0 Å². The van der Waals surface area contributed by atoms with Crippen molar-refractivity contribution in [3.63, 3.8) is 0 Å². The van der Waals surface area contributed by atoms with Crippen molar-refractivity contribution < 1.29 is 9.47 Å². The Bertz CT molecular complexity index is 766. The van der Waals surface area contributed by atoms with Gasteiger partial charge in [0, 0.05) is 31.0 Å². The second kappa shape index (κ2) is 10.7. The Morgan fingerprint density at radius 2 is 2.15 bits per heavy atom. The van der Waals surface area contributed by atoms with E-state index in [1.807, 2.05) is 32.2 Å². The zero-order chi connectivity index (χ0) is 18.4. The Morgan fingerprint density at radius 1 is 1.33 bits per heavy atom. The summed E-state index contributed by atoms with van der Waals surface area (Å²) in [7, 11) is 2.03. The van der Waals surface area contributed by atoms with E-state index in [-0.39, 0.29) is 24.0 Å². The molecule has 0 atom stereocenters. The molecule has 1 aliphatic heterocycles. The maximum Gasteiger partial charge on any atom is 0.194 e. The fourth-order valence-electron chi connectivity index (χ4n) is 2.81. The summed E-state index contributed by atoms with van der Waals surface area (Å²) in [5.41, 5.74) is 2.10. The summed E-state index contributed by atoms with van der Waals surface area (Å²) in [4.78, 5) is 11.4. The molecule has 1 aliphatic rings. The summed E-state index contributed by atoms with van der Waals surface area (Å²) in [5, 5.41) is 6.53. The number of fused-ring (bicyclic) bond motifs is 1. The van der Waals surface area contributed by atoms with E-state index in [0.717, 1.165) is 53.2 Å². The largest absolute Gasteiger partial charge is 0.490 e. The molecular formula is C19H27IN4O2S. The molecule has 0 saturated heterocycles. The molecule has 0 saturated carbocycles. The first-order chi connectivity index (χ1) is 12.7. The first-order valence-electron chi connectivity index (χ1n) is 8.95. The standard InChI is InChI=1S/C19H26N4O2S.HI/c1-4-20-19(23(3)12-16-13-26-14(2)22-16)21-11-15-7-5-8-17-18(15)25-10-6-9-24-17;/h5,7-8,13H,4,6,9-12H2,1-3H3,(H,20,21);1H. The van der Waals surface area contributed by atoms with Crippen molar-refractivity contribution in [1.29, 1.82) is 0 Å². The van der Waals surface area contributed by atoms with Crippen molar-refractivity contribution >= 4 is 41.3 Å². The van der Waals surface area contributed by atoms with Gasteiger partial charge in [0.2, 0.25) is 0 Å². The molecule has 148 valence electrons. The van der Waals surface area contributed by atoms with Crippen LogP contribution in [0.4, 0.5) is 0 Å². The third-order valence-corrected chi connectivity index (χ3v) is 4.84. The number of halogens is 1. The lowest BCUT2D eigenvalue weighted by Crippen LogP contribution is -2.38. The predicted molar refractivity (Wildman–Crippen MR) is 121 cm³/mol. The van der Waals surface area contributed by atoms with Crippen LogP contribution in [-0.2, 0) is 13.1 Å². The van der Waals surface area contributed by atoms with Crippen molar-refractivity contribution in [3.05, 3.63) is 39.8 Å². The van der Waals surface area contributed by atoms with E-state index in [9.17, 15) is 0 Å². The smallest absolute Gasteiger partial charge is 0.194 e. The number of ether oxygens (including phenoxy) is 2. The lowest BCUT2D eigenvalue weighted by Gasteiger charge is -2.21. The number of nitrogens with zero attached hydrogens (tertiary/aromatic N) is 3. The molecule has 1 aromatic carbocycles. The second-order valence-corrected chi connectivity index (χ2v) is 7.24. The van der Waals surface area contributed by atoms with Crippen LogP contribution in [0.2, 0.25) is 0 Å². The lowest BCUT2D eigenvalue weighted by atomic mass is 10.2. The van der Waals surface area contributed by atoms with Gasteiger partial charge >= 0.3 is 0 Å². The summed E-state index contributed by atoms with van der Waals surface area (Å²) in [6.07, 6.45) is 0.899. The molecule has 0 bridgehead atoms. The van der Waals surface area contributed by atoms with Crippen LogP contribution in [0.25, 0.3) is 0 Å². The number of benzene rings is 1. The fraction of sp³-hybridized carbons (Fsp3) is 0.474. The van der Waals surface area contributed by atoms with Gasteiger partial charge in [-0.1, -0.05) is 12.1 Å². The van der Waals surface area contributed by atoms with E-state index in [1.54, 1.807) is 11.3 Å². The highest BCUT2D eigenvalue weighted by Crippen LogP contribution is 2.33. The Kier molecular flexibility index (Phi) is 8.62. The summed E-state index contributed by atoms with van der Waals surface area (Å²) in [6.45, 7) is 7.54. The number of para-hydroxylation sites is 1. The maximum absolute atomic E-state index is 5.89. The Hall–Kier alpha value is -1.55. The van der Waals surface area contributed by atoms with Gasteiger partial charge in [0.15, 0.2) is 17.5 Å². The van der Waals surface area contributed by atoms with Crippen molar-refractivity contribution in [2.24, 2.45) is 4.99 Å². The van der Waals surface area contributed by atoms with E-state index in [4.69, 9.17) is 14.5 Å². The number of thiazole rings is 1. The van der Waals surface area contributed by atoms with E-state index < -0.39 is 0 Å². The summed E-state index contributed by atoms with van der Waals surface area (Å²) in [5.74, 6) is 2.49. The van der Waals surface area contributed by atoms with Gasteiger partial charge in [0.05, 0.1) is 37.0 Å². The number of aliphatic imine (C=N–C) groups is 1. The van der Waals surface area contributed by atoms with Gasteiger partial charge in [0.1, 0.15) is 0 Å². The molecule has 0 unspecified atom stereocenters. The number of aromatic nitrogens is 1. The van der Waals surface area contributed by atoms with Crippen LogP contribution in [0, 0.1) is 6.92 Å². The van der Waals surface area contributed by atoms with Crippen LogP contribution >= 0.6 is 35.3 Å². The molecule has 3 rings (SSSR count). The normalized spacial score (nSPS) is 13.5. The number of nitrogens with one attached hydrogen (secondary N) is 1. The molecule has 0 fully saturated rings. The quantitative estimate of drug-likeness (QED) is 0.383. The van der Waals surface area contributed by atoms with Crippen LogP contribution in [0.1, 0.15) is 29.6 Å². The monoisotopic (exact) mass is 502 g/mol. The van der Waals surface area contributed by atoms with Gasteiger partial charge in [-0.15, -0.1) is 35.3 Å². The number of hydrogen-bond acceptors (Lipinski definition) is 5. The van der Waals surface area contributed by atoms with Crippen molar-refractivity contribution in [1.82, 2.24) is 15.2 Å². The lowest BCUT2D eigenvalue weighted by molar-refractivity contribution is 0.296. The third-order valence-electron chi connectivity index (χ3n) is 4.01. The average molecular weight is 502 g/mol. The molecule has 27 heavy (non-hydrogen) atoms. The summed E-state index contributed by atoms with van der Waals surface area (Å²) < 4.78 is 11.7. The summed E-state index contributed by atoms with van der Waals surface area (Å²) in [6, 6.07) is 5.99. The van der Waals surface area contributed by atoms with Crippen LogP contribution in [-0.4, -0.2) is 42.6 Å². The average Bonchev–Trinajstić information content (AvgIpc) is 2.89. The minimum Gasteiger partial charge on any atom is -0.490 e. The van der Waals surface area contributed by atoms with Gasteiger partial charge in [-0.25, -0.2) is 9.98 Å². The minimum absolute atomic E-state index is 0. The van der Waals surface area contributed by atoms with E-state index >= 15 is 0 Å². The van der Waals surface area contributed by atoms with Crippen LogP contribution in [0.15, 0.2) is 28.6 Å². The molecule has 0 amide bonds. The first kappa shape index (κ1) is 21.7. The Labute approximate surface area is 182 Å². The molecule has 6 nitrogen and oxygen atoms in total. The molecule has 1 N–H and O–H groups in total. The zero-order valence-corrected chi connectivity index (χ0v) is 19.2. The van der Waals surface area contributed by atoms with E-state index in [2.05, 4.69) is 27.5 Å². The number of rotatable bonds is 5. The van der Waals surface area contributed by atoms with Crippen LogP contribution in [0.5, 0.6) is 11.5 Å². The molecule has 1 aromatic heterocycles. The fourth-order valence-corrected chi connectivity index (χ4v) is 3.41. The van der Waals surface area contributed by atoms with Crippen molar-refractivity contribution in [3.8, 4) is 11.5 Å². The third kappa shape index (κ3) is 5.97. The molecule has 0 radical (unpaired) electrons. The highest BCUT2D eigenvalue weighted by atomic mass is 127. The molecule has 2 heterocycles. The van der Waals surface area contributed by atoms with Crippen molar-refractivity contribution in [2.45, 2.75) is 33.4 Å². The number of aryl methyl sites for hydroxylation is 1. The second-order valence-electron chi connectivity index (χ2n) is 6.18. The maximum atomic E-state index is 5.89. The van der Waals surface area contributed by atoms with Crippen LogP contribution in [0.3, 0.4) is 0 Å². The minimum atomic E-state index is 0. The molecule has 0 aliphatic carbocycles. The predicted octanol–water partition coefficient (Wildman–Crippen LogP) is 3.83. The van der Waals surface area contributed by atoms with Crippen LogP contribution < -0.4 is 14.8 Å². The Balaban J connectivity index is 0.00000261. The van der Waals surface area contributed by atoms with Gasteiger partial charge < -0.3 is 19.7 Å². The van der Waals surface area contributed by atoms with E-state index in [0.29, 0.717) is 19.8 Å². The molecule has 8 heteroatoms. The highest BCUT2D eigenvalue weighted by molar-refractivity contribution is 14.0. The Morgan fingerprint density at radius 3 is 2.89 bits per heavy atom. The highest BCUT2D eigenvalue weighted by Gasteiger charge is 2.15. The van der Waals surface area contributed by atoms with Gasteiger partial charge in [0.25, 0.3) is 0 Å². The number of hydrogen-bond donors (Lipinski definition) is 1. The first-order valence-corrected chi connectivity index (χ1v) is 9.83. The van der Waals surface area contributed by atoms with Gasteiger partial charge in [-0.2, -0.15) is 0 Å². The molecule has 0 spiro atoms. The van der Waals surface area contributed by atoms with Gasteiger partial charge in [-0.05, 0) is 19.9 Å². The SMILES string of the molecule is CCNC(=NCc1cccc2c1OCCCO2)N(C)Cc1csc(C)n1.I. The summed E-state index contributed by atoms with van der Waals surface area (Å²) >= 11 is 1.67. The number of guanidine groups is 1. The molecular weight excluding hydrogens is 475 g/mol. The van der Waals surface area contributed by atoms with Gasteiger partial charge in [-0.3, -0.25) is 0 Å². The van der Waals surface area contributed by atoms with Crippen molar-refractivity contribution in [2.75, 3.05) is 26.8 Å².